The van der Waals surface area contributed by atoms with Crippen molar-refractivity contribution in [3.05, 3.63) is 52.7 Å². The number of aromatic nitrogens is 2. The highest BCUT2D eigenvalue weighted by molar-refractivity contribution is 7.14. The first-order valence-electron chi connectivity index (χ1n) is 10.2. The number of carbonyl (C=O) groups is 3. The number of imide groups is 1. The van der Waals surface area contributed by atoms with Gasteiger partial charge in [-0.15, -0.1) is 11.3 Å². The quantitative estimate of drug-likeness (QED) is 0.592. The van der Waals surface area contributed by atoms with Gasteiger partial charge in [0.15, 0.2) is 5.13 Å². The zero-order valence-corrected chi connectivity index (χ0v) is 18.6. The van der Waals surface area contributed by atoms with Gasteiger partial charge in [-0.3, -0.25) is 19.3 Å². The highest BCUT2D eigenvalue weighted by Crippen LogP contribution is 2.31. The Hall–Kier alpha value is -3.26. The average molecular weight is 437 g/mol. The van der Waals surface area contributed by atoms with E-state index in [-0.39, 0.29) is 43.5 Å². The molecular weight excluding hydrogens is 412 g/mol. The maximum atomic E-state index is 12.3. The molecule has 1 saturated heterocycles. The summed E-state index contributed by atoms with van der Waals surface area (Å²) in [5, 5.41) is 5.20. The summed E-state index contributed by atoms with van der Waals surface area (Å²) in [6.45, 7) is 6.30. The van der Waals surface area contributed by atoms with Crippen molar-refractivity contribution in [3.8, 4) is 16.9 Å². The van der Waals surface area contributed by atoms with E-state index in [1.54, 1.807) is 0 Å². The summed E-state index contributed by atoms with van der Waals surface area (Å²) in [5.74, 6) is -0.685. The van der Waals surface area contributed by atoms with Gasteiger partial charge in [-0.2, -0.15) is 0 Å². The Kier molecular flexibility index (Phi) is 5.73. The molecule has 1 N–H and O–H groups in total. The largest absolute Gasteiger partial charge is 0.318 e. The molecule has 1 fully saturated rings. The summed E-state index contributed by atoms with van der Waals surface area (Å²) in [6.07, 6.45) is 0.531. The number of anilines is 1. The lowest BCUT2D eigenvalue weighted by atomic mass is 10.2. The SMILES string of the molecule is Cc1ccc(-n2c(C)cc(-c3csc(NC(=O)CCN4C(=O)CCC4=O)n3)c2C)cc1. The molecule has 0 spiro atoms. The average Bonchev–Trinajstić information content (AvgIpc) is 3.40. The fraction of sp³-hybridized carbons (Fsp3) is 0.304. The van der Waals surface area contributed by atoms with Gasteiger partial charge in [0.05, 0.1) is 5.69 Å². The van der Waals surface area contributed by atoms with E-state index in [4.69, 9.17) is 0 Å². The Morgan fingerprint density at radius 3 is 2.45 bits per heavy atom. The second kappa shape index (κ2) is 8.47. The van der Waals surface area contributed by atoms with Crippen LogP contribution in [0.2, 0.25) is 0 Å². The van der Waals surface area contributed by atoms with Gasteiger partial charge in [-0.1, -0.05) is 17.7 Å². The minimum Gasteiger partial charge on any atom is -0.318 e. The van der Waals surface area contributed by atoms with Gasteiger partial charge < -0.3 is 9.88 Å². The number of nitrogens with zero attached hydrogens (tertiary/aromatic N) is 3. The zero-order chi connectivity index (χ0) is 22.1. The molecule has 0 radical (unpaired) electrons. The van der Waals surface area contributed by atoms with Crippen molar-refractivity contribution in [1.29, 1.82) is 0 Å². The molecule has 31 heavy (non-hydrogen) atoms. The second-order valence-electron chi connectivity index (χ2n) is 7.73. The van der Waals surface area contributed by atoms with Crippen LogP contribution in [0.1, 0.15) is 36.2 Å². The summed E-state index contributed by atoms with van der Waals surface area (Å²) < 4.78 is 2.19. The molecule has 0 saturated carbocycles. The van der Waals surface area contributed by atoms with Crippen LogP contribution in [0.4, 0.5) is 5.13 Å². The predicted octanol–water partition coefficient (Wildman–Crippen LogP) is 4.00. The lowest BCUT2D eigenvalue weighted by Crippen LogP contribution is -2.32. The minimum atomic E-state index is -0.265. The van der Waals surface area contributed by atoms with Crippen LogP contribution in [0, 0.1) is 20.8 Å². The molecule has 160 valence electrons. The number of hydrogen-bond acceptors (Lipinski definition) is 5. The van der Waals surface area contributed by atoms with Crippen LogP contribution in [0.3, 0.4) is 0 Å². The molecule has 0 bridgehead atoms. The number of carbonyl (C=O) groups excluding carboxylic acids is 3. The summed E-state index contributed by atoms with van der Waals surface area (Å²) >= 11 is 1.35. The Balaban J connectivity index is 1.46. The first-order chi connectivity index (χ1) is 14.8. The molecule has 1 aliphatic heterocycles. The Bertz CT molecular complexity index is 1140. The number of nitrogens with one attached hydrogen (secondary N) is 1. The van der Waals surface area contributed by atoms with Crippen LogP contribution >= 0.6 is 11.3 Å². The van der Waals surface area contributed by atoms with E-state index in [1.165, 1.54) is 16.9 Å². The molecule has 3 aromatic rings. The van der Waals surface area contributed by atoms with Crippen molar-refractivity contribution in [1.82, 2.24) is 14.5 Å². The lowest BCUT2D eigenvalue weighted by molar-refractivity contribution is -0.138. The van der Waals surface area contributed by atoms with Crippen LogP contribution in [0.15, 0.2) is 35.7 Å². The third-order valence-corrected chi connectivity index (χ3v) is 6.22. The monoisotopic (exact) mass is 436 g/mol. The molecule has 0 atom stereocenters. The maximum absolute atomic E-state index is 12.3. The van der Waals surface area contributed by atoms with Gasteiger partial charge in [0.25, 0.3) is 0 Å². The number of amides is 3. The number of aryl methyl sites for hydroxylation is 2. The third kappa shape index (κ3) is 4.29. The van der Waals surface area contributed by atoms with Crippen LogP contribution in [0.5, 0.6) is 0 Å². The van der Waals surface area contributed by atoms with Crippen molar-refractivity contribution in [2.45, 2.75) is 40.0 Å². The number of rotatable bonds is 6. The fourth-order valence-electron chi connectivity index (χ4n) is 3.84. The Morgan fingerprint density at radius 2 is 1.77 bits per heavy atom. The molecular formula is C23H24N4O3S. The number of benzene rings is 1. The van der Waals surface area contributed by atoms with Crippen molar-refractivity contribution in [2.24, 2.45) is 0 Å². The minimum absolute atomic E-state index is 0.0638. The number of hydrogen-bond donors (Lipinski definition) is 1. The molecule has 1 aromatic carbocycles. The molecule has 0 unspecified atom stereocenters. The van der Waals surface area contributed by atoms with Crippen molar-refractivity contribution in [3.63, 3.8) is 0 Å². The van der Waals surface area contributed by atoms with Crippen LogP contribution in [0.25, 0.3) is 16.9 Å². The summed E-state index contributed by atoms with van der Waals surface area (Å²) in [5.41, 5.74) is 6.32. The summed E-state index contributed by atoms with van der Waals surface area (Å²) in [4.78, 5) is 41.3. The van der Waals surface area contributed by atoms with Crippen LogP contribution in [-0.2, 0) is 14.4 Å². The molecule has 1 aliphatic rings. The number of likely N-dealkylation sites (tertiary alicyclic amines) is 1. The molecule has 3 heterocycles. The first kappa shape index (κ1) is 21.0. The molecule has 4 rings (SSSR count). The van der Waals surface area contributed by atoms with Crippen LogP contribution in [-0.4, -0.2) is 38.7 Å². The molecule has 0 aliphatic carbocycles. The molecule has 8 heteroatoms. The Labute approximate surface area is 184 Å². The van der Waals surface area contributed by atoms with Crippen molar-refractivity contribution >= 4 is 34.2 Å². The lowest BCUT2D eigenvalue weighted by Gasteiger charge is -2.12. The van der Waals surface area contributed by atoms with E-state index < -0.39 is 0 Å². The van der Waals surface area contributed by atoms with E-state index in [1.807, 2.05) is 5.38 Å². The second-order valence-corrected chi connectivity index (χ2v) is 8.59. The van der Waals surface area contributed by atoms with Gasteiger partial charge in [0, 0.05) is 53.8 Å². The Morgan fingerprint density at radius 1 is 1.10 bits per heavy atom. The van der Waals surface area contributed by atoms with Crippen molar-refractivity contribution in [2.75, 3.05) is 11.9 Å². The van der Waals surface area contributed by atoms with E-state index >= 15 is 0 Å². The predicted molar refractivity (Wildman–Crippen MR) is 120 cm³/mol. The van der Waals surface area contributed by atoms with Gasteiger partial charge in [0.2, 0.25) is 17.7 Å². The fourth-order valence-corrected chi connectivity index (χ4v) is 4.56. The summed E-state index contributed by atoms with van der Waals surface area (Å²) in [6, 6.07) is 10.5. The van der Waals surface area contributed by atoms with Gasteiger partial charge >= 0.3 is 0 Å². The highest BCUT2D eigenvalue weighted by Gasteiger charge is 2.28. The van der Waals surface area contributed by atoms with E-state index in [0.717, 1.165) is 33.2 Å². The molecule has 3 amide bonds. The summed E-state index contributed by atoms with van der Waals surface area (Å²) in [7, 11) is 0. The molecule has 2 aromatic heterocycles. The van der Waals surface area contributed by atoms with Gasteiger partial charge in [0.1, 0.15) is 0 Å². The maximum Gasteiger partial charge on any atom is 0.229 e. The first-order valence-corrected chi connectivity index (χ1v) is 11.1. The number of thiazole rings is 1. The van der Waals surface area contributed by atoms with Crippen LogP contribution < -0.4 is 5.32 Å². The highest BCUT2D eigenvalue weighted by atomic mass is 32.1. The van der Waals surface area contributed by atoms with Gasteiger partial charge in [-0.05, 0) is 39.0 Å². The van der Waals surface area contributed by atoms with Gasteiger partial charge in [-0.25, -0.2) is 4.98 Å². The van der Waals surface area contributed by atoms with E-state index in [0.29, 0.717) is 5.13 Å². The molecule has 7 nitrogen and oxygen atoms in total. The topological polar surface area (TPSA) is 84.3 Å². The smallest absolute Gasteiger partial charge is 0.229 e. The zero-order valence-electron chi connectivity index (χ0n) is 17.8. The van der Waals surface area contributed by atoms with Crippen molar-refractivity contribution < 1.29 is 14.4 Å². The van der Waals surface area contributed by atoms with E-state index in [2.05, 4.69) is 66.0 Å². The third-order valence-electron chi connectivity index (χ3n) is 5.47. The standard InChI is InChI=1S/C23H24N4O3S/c1-14-4-6-17(7-5-14)27-15(2)12-18(16(27)3)19-13-31-23(24-19)25-20(28)10-11-26-21(29)8-9-22(26)30/h4-7,12-13H,8-11H2,1-3H3,(H,24,25,28). The van der Waals surface area contributed by atoms with E-state index in [9.17, 15) is 14.4 Å². The normalized spacial score (nSPS) is 13.8.